The molecule has 0 radical (unpaired) electrons. The molecule has 1 fully saturated rings. The van der Waals surface area contributed by atoms with Crippen LogP contribution >= 0.6 is 24.0 Å². The molecule has 31 heavy (non-hydrogen) atoms. The molecule has 2 atom stereocenters. The highest BCUT2D eigenvalue weighted by Gasteiger charge is 2.27. The van der Waals surface area contributed by atoms with E-state index in [2.05, 4.69) is 52.1 Å². The minimum absolute atomic E-state index is 0. The standard InChI is InChI=1S/C24H32N4O2.HI/c1-17-9-11-19(12-10-17)22-21(8-5-13-30-22)16-28-24(26-3)27-15-18-6-4-7-20(14-18)23(29)25-2;/h4,6-7,9-12,14,21-22H,5,8,13,15-16H2,1-3H3,(H,25,29)(H2,26,27,28);1H. The van der Waals surface area contributed by atoms with Gasteiger partial charge in [0.15, 0.2) is 5.96 Å². The zero-order chi connectivity index (χ0) is 21.3. The van der Waals surface area contributed by atoms with Crippen molar-refractivity contribution in [2.45, 2.75) is 32.4 Å². The Balaban J connectivity index is 0.00000341. The molecule has 1 saturated heterocycles. The number of nitrogens with zero attached hydrogens (tertiary/aromatic N) is 1. The average Bonchev–Trinajstić information content (AvgIpc) is 2.79. The van der Waals surface area contributed by atoms with Gasteiger partial charge in [0, 0.05) is 45.3 Å². The van der Waals surface area contributed by atoms with Gasteiger partial charge in [-0.25, -0.2) is 0 Å². The van der Waals surface area contributed by atoms with Crippen molar-refractivity contribution in [2.75, 3.05) is 27.2 Å². The number of ether oxygens (including phenoxy) is 1. The van der Waals surface area contributed by atoms with Gasteiger partial charge < -0.3 is 20.7 Å². The first-order valence-electron chi connectivity index (χ1n) is 10.5. The van der Waals surface area contributed by atoms with Crippen molar-refractivity contribution >= 4 is 35.8 Å². The molecule has 1 amide bonds. The monoisotopic (exact) mass is 536 g/mol. The first kappa shape index (κ1) is 25.1. The zero-order valence-electron chi connectivity index (χ0n) is 18.5. The zero-order valence-corrected chi connectivity index (χ0v) is 20.8. The highest BCUT2D eigenvalue weighted by atomic mass is 127. The van der Waals surface area contributed by atoms with E-state index >= 15 is 0 Å². The Morgan fingerprint density at radius 3 is 2.65 bits per heavy atom. The molecule has 6 nitrogen and oxygen atoms in total. The van der Waals surface area contributed by atoms with Gasteiger partial charge in [0.1, 0.15) is 0 Å². The molecule has 0 saturated carbocycles. The number of hydrogen-bond donors (Lipinski definition) is 3. The summed E-state index contributed by atoms with van der Waals surface area (Å²) in [6.07, 6.45) is 2.30. The van der Waals surface area contributed by atoms with E-state index in [9.17, 15) is 4.79 Å². The fourth-order valence-corrected chi connectivity index (χ4v) is 3.78. The van der Waals surface area contributed by atoms with Crippen LogP contribution in [0.2, 0.25) is 0 Å². The lowest BCUT2D eigenvalue weighted by atomic mass is 9.89. The maximum absolute atomic E-state index is 11.8. The minimum Gasteiger partial charge on any atom is -0.373 e. The number of carbonyl (C=O) groups excluding carboxylic acids is 1. The number of amides is 1. The molecule has 3 N–H and O–H groups in total. The number of rotatable bonds is 6. The number of benzene rings is 2. The van der Waals surface area contributed by atoms with Gasteiger partial charge in [-0.1, -0.05) is 42.0 Å². The lowest BCUT2D eigenvalue weighted by Crippen LogP contribution is -2.41. The van der Waals surface area contributed by atoms with Crippen LogP contribution in [0.15, 0.2) is 53.5 Å². The number of carbonyl (C=O) groups is 1. The Morgan fingerprint density at radius 1 is 1.16 bits per heavy atom. The first-order chi connectivity index (χ1) is 14.6. The second kappa shape index (κ2) is 12.7. The van der Waals surface area contributed by atoms with Crippen molar-refractivity contribution in [3.63, 3.8) is 0 Å². The smallest absolute Gasteiger partial charge is 0.251 e. The van der Waals surface area contributed by atoms with Crippen LogP contribution in [-0.2, 0) is 11.3 Å². The van der Waals surface area contributed by atoms with Crippen molar-refractivity contribution < 1.29 is 9.53 Å². The molecule has 2 aromatic rings. The van der Waals surface area contributed by atoms with E-state index in [1.165, 1.54) is 11.1 Å². The van der Waals surface area contributed by atoms with Crippen LogP contribution in [0.4, 0.5) is 0 Å². The fourth-order valence-electron chi connectivity index (χ4n) is 3.78. The van der Waals surface area contributed by atoms with Gasteiger partial charge in [0.25, 0.3) is 5.91 Å². The molecule has 2 aromatic carbocycles. The molecule has 3 rings (SSSR count). The summed E-state index contributed by atoms with van der Waals surface area (Å²) in [7, 11) is 3.41. The van der Waals surface area contributed by atoms with Crippen LogP contribution in [0.1, 0.15) is 46.0 Å². The lowest BCUT2D eigenvalue weighted by Gasteiger charge is -2.32. The summed E-state index contributed by atoms with van der Waals surface area (Å²) in [6, 6.07) is 16.2. The minimum atomic E-state index is -0.0844. The number of halogens is 1. The van der Waals surface area contributed by atoms with Crippen LogP contribution in [0, 0.1) is 12.8 Å². The van der Waals surface area contributed by atoms with Crippen LogP contribution < -0.4 is 16.0 Å². The van der Waals surface area contributed by atoms with Crippen molar-refractivity contribution in [2.24, 2.45) is 10.9 Å². The lowest BCUT2D eigenvalue weighted by molar-refractivity contribution is -0.0265. The van der Waals surface area contributed by atoms with E-state index in [0.717, 1.165) is 37.5 Å². The molecule has 2 unspecified atom stereocenters. The summed E-state index contributed by atoms with van der Waals surface area (Å²) in [5, 5.41) is 9.44. The second-order valence-corrected chi connectivity index (χ2v) is 7.69. The molecule has 168 valence electrons. The van der Waals surface area contributed by atoms with Gasteiger partial charge in [-0.3, -0.25) is 9.79 Å². The van der Waals surface area contributed by atoms with Crippen LogP contribution in [0.3, 0.4) is 0 Å². The Morgan fingerprint density at radius 2 is 1.94 bits per heavy atom. The quantitative estimate of drug-likeness (QED) is 0.298. The average molecular weight is 536 g/mol. The molecule has 0 aliphatic carbocycles. The number of aryl methyl sites for hydroxylation is 1. The summed E-state index contributed by atoms with van der Waals surface area (Å²) < 4.78 is 6.12. The van der Waals surface area contributed by atoms with Crippen LogP contribution in [0.5, 0.6) is 0 Å². The number of aliphatic imine (C=N–C) groups is 1. The molecular weight excluding hydrogens is 503 g/mol. The van der Waals surface area contributed by atoms with Crippen molar-refractivity contribution in [1.82, 2.24) is 16.0 Å². The largest absolute Gasteiger partial charge is 0.373 e. The van der Waals surface area contributed by atoms with Gasteiger partial charge in [-0.15, -0.1) is 24.0 Å². The Hall–Kier alpha value is -2.13. The molecular formula is C24H33IN4O2. The molecule has 0 bridgehead atoms. The maximum atomic E-state index is 11.8. The number of hydrogen-bond acceptors (Lipinski definition) is 3. The van der Waals surface area contributed by atoms with E-state index in [0.29, 0.717) is 18.0 Å². The van der Waals surface area contributed by atoms with Gasteiger partial charge in [-0.2, -0.15) is 0 Å². The van der Waals surface area contributed by atoms with Gasteiger partial charge in [0.2, 0.25) is 0 Å². The fraction of sp³-hybridized carbons (Fsp3) is 0.417. The Kier molecular flexibility index (Phi) is 10.3. The van der Waals surface area contributed by atoms with Gasteiger partial charge in [-0.05, 0) is 43.0 Å². The first-order valence-corrected chi connectivity index (χ1v) is 10.5. The highest BCUT2D eigenvalue weighted by molar-refractivity contribution is 14.0. The summed E-state index contributed by atoms with van der Waals surface area (Å²) in [6.45, 7) is 4.29. The summed E-state index contributed by atoms with van der Waals surface area (Å²) >= 11 is 0. The van der Waals surface area contributed by atoms with E-state index in [4.69, 9.17) is 4.74 Å². The van der Waals surface area contributed by atoms with Gasteiger partial charge in [0.05, 0.1) is 6.10 Å². The topological polar surface area (TPSA) is 74.8 Å². The van der Waals surface area contributed by atoms with E-state index < -0.39 is 0 Å². The SMILES string of the molecule is CN=C(NCc1cccc(C(=O)NC)c1)NCC1CCCOC1c1ccc(C)cc1.I. The van der Waals surface area contributed by atoms with Gasteiger partial charge >= 0.3 is 0 Å². The Labute approximate surface area is 202 Å². The number of nitrogens with one attached hydrogen (secondary N) is 3. The third-order valence-electron chi connectivity index (χ3n) is 5.48. The number of guanidine groups is 1. The van der Waals surface area contributed by atoms with E-state index in [1.807, 2.05) is 24.3 Å². The van der Waals surface area contributed by atoms with Crippen molar-refractivity contribution in [1.29, 1.82) is 0 Å². The van der Waals surface area contributed by atoms with E-state index in [1.54, 1.807) is 14.1 Å². The predicted molar refractivity (Wildman–Crippen MR) is 136 cm³/mol. The third-order valence-corrected chi connectivity index (χ3v) is 5.48. The normalized spacial score (nSPS) is 18.6. The highest BCUT2D eigenvalue weighted by Crippen LogP contribution is 2.33. The van der Waals surface area contributed by atoms with Crippen molar-refractivity contribution in [3.8, 4) is 0 Å². The molecule has 0 aromatic heterocycles. The molecule has 1 aliphatic rings. The second-order valence-electron chi connectivity index (χ2n) is 7.69. The summed E-state index contributed by atoms with van der Waals surface area (Å²) in [5.41, 5.74) is 4.17. The van der Waals surface area contributed by atoms with E-state index in [-0.39, 0.29) is 36.0 Å². The maximum Gasteiger partial charge on any atom is 0.251 e. The molecule has 7 heteroatoms. The van der Waals surface area contributed by atoms with Crippen LogP contribution in [-0.4, -0.2) is 39.1 Å². The van der Waals surface area contributed by atoms with Crippen molar-refractivity contribution in [3.05, 3.63) is 70.8 Å². The summed E-state index contributed by atoms with van der Waals surface area (Å²) in [4.78, 5) is 16.2. The molecule has 1 aliphatic heterocycles. The molecule has 1 heterocycles. The third kappa shape index (κ3) is 7.21. The predicted octanol–water partition coefficient (Wildman–Crippen LogP) is 3.81. The molecule has 0 spiro atoms. The Bertz CT molecular complexity index is 870. The summed E-state index contributed by atoms with van der Waals surface area (Å²) in [5.74, 6) is 1.05. The van der Waals surface area contributed by atoms with Crippen LogP contribution in [0.25, 0.3) is 0 Å².